The Morgan fingerprint density at radius 3 is 2.76 bits per heavy atom. The number of benzene rings is 1. The number of carbonyl (C=O) groups is 4. The van der Waals surface area contributed by atoms with Crippen LogP contribution in [0.3, 0.4) is 0 Å². The summed E-state index contributed by atoms with van der Waals surface area (Å²) in [6, 6.07) is 5.52. The predicted octanol–water partition coefficient (Wildman–Crippen LogP) is 1.23. The van der Waals surface area contributed by atoms with Crippen LogP contribution in [0.1, 0.15) is 12.5 Å². The van der Waals surface area contributed by atoms with Gasteiger partial charge in [0.15, 0.2) is 0 Å². The lowest BCUT2D eigenvalue weighted by Crippen LogP contribution is -2.46. The van der Waals surface area contributed by atoms with Crippen molar-refractivity contribution in [2.24, 2.45) is 0 Å². The summed E-state index contributed by atoms with van der Waals surface area (Å²) in [5, 5.41) is 6.99. The first-order chi connectivity index (χ1) is 11.8. The number of halogens is 1. The van der Waals surface area contributed by atoms with Crippen LogP contribution in [0.2, 0.25) is 0 Å². The van der Waals surface area contributed by atoms with Gasteiger partial charge >= 0.3 is 12.1 Å². The Morgan fingerprint density at radius 1 is 1.40 bits per heavy atom. The summed E-state index contributed by atoms with van der Waals surface area (Å²) in [6.07, 6.45) is 1.45. The number of imide groups is 2. The van der Waals surface area contributed by atoms with Gasteiger partial charge in [-0.25, -0.2) is 9.59 Å². The van der Waals surface area contributed by atoms with Crippen molar-refractivity contribution in [1.82, 2.24) is 20.9 Å². The first-order valence-electron chi connectivity index (χ1n) is 7.36. The van der Waals surface area contributed by atoms with Crippen LogP contribution in [0.5, 0.6) is 0 Å². The van der Waals surface area contributed by atoms with Crippen molar-refractivity contribution in [2.45, 2.75) is 12.5 Å². The lowest BCUT2D eigenvalue weighted by molar-refractivity contribution is -0.134. The lowest BCUT2D eigenvalue weighted by atomic mass is 9.92. The Balaban J connectivity index is 2.09. The van der Waals surface area contributed by atoms with Crippen molar-refractivity contribution >= 4 is 39.8 Å². The van der Waals surface area contributed by atoms with Gasteiger partial charge in [0.1, 0.15) is 12.1 Å². The molecule has 25 heavy (non-hydrogen) atoms. The fourth-order valence-corrected chi connectivity index (χ4v) is 2.75. The van der Waals surface area contributed by atoms with Crippen molar-refractivity contribution in [3.63, 3.8) is 0 Å². The maximum Gasteiger partial charge on any atom is 0.325 e. The van der Waals surface area contributed by atoms with Crippen LogP contribution in [0.4, 0.5) is 9.59 Å². The molecule has 1 fully saturated rings. The number of urea groups is 2. The molecule has 0 aliphatic carbocycles. The van der Waals surface area contributed by atoms with E-state index in [0.29, 0.717) is 5.56 Å². The first kappa shape index (κ1) is 18.7. The van der Waals surface area contributed by atoms with Crippen molar-refractivity contribution in [3.05, 3.63) is 47.0 Å². The lowest BCUT2D eigenvalue weighted by Gasteiger charge is -2.22. The van der Waals surface area contributed by atoms with Gasteiger partial charge in [0, 0.05) is 11.0 Å². The van der Waals surface area contributed by atoms with Crippen LogP contribution in [0.25, 0.3) is 0 Å². The van der Waals surface area contributed by atoms with E-state index >= 15 is 0 Å². The summed E-state index contributed by atoms with van der Waals surface area (Å²) < 4.78 is 0.753. The van der Waals surface area contributed by atoms with Crippen LogP contribution in [-0.4, -0.2) is 41.9 Å². The van der Waals surface area contributed by atoms with Gasteiger partial charge in [0.2, 0.25) is 5.91 Å². The maximum atomic E-state index is 12.7. The second-order valence-electron chi connectivity index (χ2n) is 5.50. The van der Waals surface area contributed by atoms with Gasteiger partial charge in [-0.1, -0.05) is 34.1 Å². The van der Waals surface area contributed by atoms with E-state index in [4.69, 9.17) is 0 Å². The van der Waals surface area contributed by atoms with Crippen LogP contribution in [0, 0.1) is 0 Å². The zero-order chi connectivity index (χ0) is 18.6. The van der Waals surface area contributed by atoms with Crippen molar-refractivity contribution < 1.29 is 19.2 Å². The standard InChI is InChI=1S/C16H17BrN4O4/c1-3-7-18-14(24)19-12(22)9-21-13(23)16(2,20-15(21)25)10-5-4-6-11(17)8-10/h3-6,8H,1,7,9H2,2H3,(H,20,25)(H2,18,19,22,24)/t16-/m0/s1. The summed E-state index contributed by atoms with van der Waals surface area (Å²) in [4.78, 5) is 48.9. The molecule has 1 aromatic rings. The highest BCUT2D eigenvalue weighted by Gasteiger charge is 2.49. The fourth-order valence-electron chi connectivity index (χ4n) is 2.35. The van der Waals surface area contributed by atoms with Gasteiger partial charge in [-0.05, 0) is 24.6 Å². The Kier molecular flexibility index (Phi) is 5.58. The molecule has 0 saturated carbocycles. The molecule has 1 aromatic carbocycles. The predicted molar refractivity (Wildman–Crippen MR) is 93.5 cm³/mol. The minimum atomic E-state index is -1.29. The molecule has 0 unspecified atom stereocenters. The summed E-state index contributed by atoms with van der Waals surface area (Å²) in [5.41, 5.74) is -0.710. The molecule has 0 aromatic heterocycles. The molecule has 2 rings (SSSR count). The third-order valence-electron chi connectivity index (χ3n) is 3.64. The van der Waals surface area contributed by atoms with Crippen LogP contribution in [0.15, 0.2) is 41.4 Å². The second-order valence-corrected chi connectivity index (χ2v) is 6.42. The Morgan fingerprint density at radius 2 is 2.12 bits per heavy atom. The van der Waals surface area contributed by atoms with Gasteiger partial charge in [0.25, 0.3) is 5.91 Å². The van der Waals surface area contributed by atoms with Crippen LogP contribution >= 0.6 is 15.9 Å². The van der Waals surface area contributed by atoms with E-state index in [2.05, 4.69) is 33.1 Å². The molecule has 0 bridgehead atoms. The molecular formula is C16H17BrN4O4. The number of hydrogen-bond acceptors (Lipinski definition) is 4. The molecule has 3 N–H and O–H groups in total. The first-order valence-corrected chi connectivity index (χ1v) is 8.16. The van der Waals surface area contributed by atoms with E-state index in [1.54, 1.807) is 31.2 Å². The van der Waals surface area contributed by atoms with Crippen molar-refractivity contribution in [3.8, 4) is 0 Å². The minimum absolute atomic E-state index is 0.184. The highest BCUT2D eigenvalue weighted by Crippen LogP contribution is 2.30. The molecule has 1 saturated heterocycles. The van der Waals surface area contributed by atoms with Gasteiger partial charge < -0.3 is 10.6 Å². The second kappa shape index (κ2) is 7.47. The monoisotopic (exact) mass is 408 g/mol. The zero-order valence-corrected chi connectivity index (χ0v) is 15.1. The van der Waals surface area contributed by atoms with Crippen LogP contribution in [-0.2, 0) is 15.1 Å². The average molecular weight is 409 g/mol. The molecule has 1 heterocycles. The van der Waals surface area contributed by atoms with Crippen LogP contribution < -0.4 is 16.0 Å². The molecule has 1 aliphatic heterocycles. The molecule has 132 valence electrons. The maximum absolute atomic E-state index is 12.7. The largest absolute Gasteiger partial charge is 0.334 e. The molecule has 0 radical (unpaired) electrons. The number of rotatable bonds is 5. The SMILES string of the molecule is C=CCNC(=O)NC(=O)CN1C(=O)N[C@@](C)(c2cccc(Br)c2)C1=O. The summed E-state index contributed by atoms with van der Waals surface area (Å²) in [7, 11) is 0. The van der Waals surface area contributed by atoms with Gasteiger partial charge in [-0.15, -0.1) is 6.58 Å². The number of nitrogens with zero attached hydrogens (tertiary/aromatic N) is 1. The highest BCUT2D eigenvalue weighted by atomic mass is 79.9. The molecule has 6 amide bonds. The van der Waals surface area contributed by atoms with E-state index in [-0.39, 0.29) is 6.54 Å². The fraction of sp³-hybridized carbons (Fsp3) is 0.250. The van der Waals surface area contributed by atoms with E-state index in [1.165, 1.54) is 6.08 Å². The number of hydrogen-bond donors (Lipinski definition) is 3. The van der Waals surface area contributed by atoms with E-state index < -0.39 is 36.0 Å². The minimum Gasteiger partial charge on any atom is -0.334 e. The molecule has 0 spiro atoms. The third-order valence-corrected chi connectivity index (χ3v) is 4.13. The topological polar surface area (TPSA) is 108 Å². The Bertz CT molecular complexity index is 751. The number of amides is 6. The molecule has 8 nitrogen and oxygen atoms in total. The summed E-state index contributed by atoms with van der Waals surface area (Å²) >= 11 is 3.32. The zero-order valence-electron chi connectivity index (χ0n) is 13.5. The average Bonchev–Trinajstić information content (AvgIpc) is 2.77. The quantitative estimate of drug-likeness (QED) is 0.502. The van der Waals surface area contributed by atoms with E-state index in [1.807, 2.05) is 5.32 Å². The Labute approximate surface area is 152 Å². The third kappa shape index (κ3) is 4.05. The smallest absolute Gasteiger partial charge is 0.325 e. The van der Waals surface area contributed by atoms with Crippen molar-refractivity contribution in [1.29, 1.82) is 0 Å². The molecular weight excluding hydrogens is 392 g/mol. The van der Waals surface area contributed by atoms with Gasteiger partial charge in [-0.3, -0.25) is 19.8 Å². The summed E-state index contributed by atoms with van der Waals surface area (Å²) in [6.45, 7) is 4.61. The van der Waals surface area contributed by atoms with Crippen molar-refractivity contribution in [2.75, 3.05) is 13.1 Å². The van der Waals surface area contributed by atoms with E-state index in [0.717, 1.165) is 9.37 Å². The van der Waals surface area contributed by atoms with Gasteiger partial charge in [0.05, 0.1) is 0 Å². The normalized spacial score (nSPS) is 19.4. The Hall–Kier alpha value is -2.68. The van der Waals surface area contributed by atoms with Gasteiger partial charge in [-0.2, -0.15) is 0 Å². The summed E-state index contributed by atoms with van der Waals surface area (Å²) in [5.74, 6) is -1.35. The number of carbonyl (C=O) groups excluding carboxylic acids is 4. The highest BCUT2D eigenvalue weighted by molar-refractivity contribution is 9.10. The molecule has 9 heteroatoms. The molecule has 1 aliphatic rings. The number of nitrogens with one attached hydrogen (secondary N) is 3. The van der Waals surface area contributed by atoms with E-state index in [9.17, 15) is 19.2 Å². The molecule has 1 atom stereocenters.